The molecule has 3 rings (SSSR count). The summed E-state index contributed by atoms with van der Waals surface area (Å²) >= 11 is 0. The van der Waals surface area contributed by atoms with E-state index in [-0.39, 0.29) is 11.7 Å². The number of hydrogen-bond acceptors (Lipinski definition) is 3. The number of ether oxygens (including phenoxy) is 1. The average molecular weight is 344 g/mol. The second-order valence-corrected chi connectivity index (χ2v) is 6.17. The second-order valence-electron chi connectivity index (χ2n) is 6.17. The zero-order valence-corrected chi connectivity index (χ0v) is 14.3. The first-order valence-corrected chi connectivity index (χ1v) is 8.42. The first-order chi connectivity index (χ1) is 12.1. The van der Waals surface area contributed by atoms with Gasteiger partial charge < -0.3 is 19.9 Å². The van der Waals surface area contributed by atoms with E-state index in [4.69, 9.17) is 4.74 Å². The van der Waals surface area contributed by atoms with Crippen LogP contribution in [0.25, 0.3) is 0 Å². The van der Waals surface area contributed by atoms with Crippen LogP contribution in [0, 0.1) is 5.82 Å². The maximum atomic E-state index is 13.2. The highest BCUT2D eigenvalue weighted by atomic mass is 19.1. The van der Waals surface area contributed by atoms with Crippen LogP contribution in [-0.4, -0.2) is 45.7 Å². The molecule has 0 bridgehead atoms. The van der Waals surface area contributed by atoms with Gasteiger partial charge in [0.1, 0.15) is 11.6 Å². The van der Waals surface area contributed by atoms with Crippen LogP contribution in [-0.2, 0) is 4.79 Å². The van der Waals surface area contributed by atoms with Gasteiger partial charge in [-0.2, -0.15) is 0 Å². The minimum atomic E-state index is -0.349. The van der Waals surface area contributed by atoms with Gasteiger partial charge in [-0.1, -0.05) is 6.07 Å². The lowest BCUT2D eigenvalue weighted by molar-refractivity contribution is -0.892. The van der Waals surface area contributed by atoms with Crippen LogP contribution < -0.4 is 19.9 Å². The van der Waals surface area contributed by atoms with E-state index in [0.717, 1.165) is 31.9 Å². The van der Waals surface area contributed by atoms with Crippen LogP contribution in [0.15, 0.2) is 48.5 Å². The number of halogens is 1. The number of rotatable bonds is 5. The summed E-state index contributed by atoms with van der Waals surface area (Å²) in [5, 5.41) is 2.76. The van der Waals surface area contributed by atoms with Crippen molar-refractivity contribution < 1.29 is 18.8 Å². The lowest BCUT2D eigenvalue weighted by atomic mass is 10.2. The van der Waals surface area contributed by atoms with Gasteiger partial charge in [-0.05, 0) is 42.5 Å². The molecule has 1 saturated heterocycles. The van der Waals surface area contributed by atoms with Crippen molar-refractivity contribution >= 4 is 17.3 Å². The number of carbonyl (C=O) groups is 1. The molecule has 6 heteroatoms. The number of benzene rings is 2. The molecular weight excluding hydrogens is 321 g/mol. The molecule has 0 unspecified atom stereocenters. The maximum absolute atomic E-state index is 13.2. The first kappa shape index (κ1) is 17.2. The first-order valence-electron chi connectivity index (χ1n) is 8.42. The van der Waals surface area contributed by atoms with Crippen LogP contribution in [0.2, 0.25) is 0 Å². The van der Waals surface area contributed by atoms with Crippen molar-refractivity contribution in [1.82, 2.24) is 0 Å². The number of quaternary nitrogens is 1. The highest BCUT2D eigenvalue weighted by Gasteiger charge is 2.22. The Morgan fingerprint density at radius 3 is 2.56 bits per heavy atom. The quantitative estimate of drug-likeness (QED) is 0.856. The number of carbonyl (C=O) groups excluding carboxylic acids is 1. The van der Waals surface area contributed by atoms with Gasteiger partial charge in [0.2, 0.25) is 0 Å². The third kappa shape index (κ3) is 4.70. The lowest BCUT2D eigenvalue weighted by Crippen LogP contribution is -3.15. The molecule has 0 aromatic heterocycles. The van der Waals surface area contributed by atoms with Gasteiger partial charge in [-0.3, -0.25) is 4.79 Å². The molecule has 1 heterocycles. The van der Waals surface area contributed by atoms with E-state index in [1.165, 1.54) is 22.7 Å². The van der Waals surface area contributed by atoms with Crippen LogP contribution >= 0.6 is 0 Å². The van der Waals surface area contributed by atoms with Gasteiger partial charge in [0, 0.05) is 11.4 Å². The van der Waals surface area contributed by atoms with Crippen molar-refractivity contribution in [3.05, 3.63) is 54.3 Å². The molecule has 0 radical (unpaired) electrons. The summed E-state index contributed by atoms with van der Waals surface area (Å²) < 4.78 is 18.3. The Bertz CT molecular complexity index is 713. The molecule has 1 fully saturated rings. The van der Waals surface area contributed by atoms with Crippen molar-refractivity contribution in [1.29, 1.82) is 0 Å². The van der Waals surface area contributed by atoms with Crippen molar-refractivity contribution in [3.8, 4) is 5.75 Å². The standard InChI is InChI=1S/C19H22FN3O2/c1-25-18-7-5-17(6-8-18)23-11-9-22(10-12-23)14-19(24)21-16-4-2-3-15(20)13-16/h2-8,13H,9-12,14H2,1H3,(H,21,24)/p+1. The molecule has 0 aliphatic carbocycles. The fourth-order valence-corrected chi connectivity index (χ4v) is 3.05. The predicted octanol–water partition coefficient (Wildman–Crippen LogP) is 1.18. The topological polar surface area (TPSA) is 46.0 Å². The summed E-state index contributed by atoms with van der Waals surface area (Å²) in [6, 6.07) is 14.0. The fourth-order valence-electron chi connectivity index (χ4n) is 3.05. The van der Waals surface area contributed by atoms with Crippen molar-refractivity contribution in [2.45, 2.75) is 0 Å². The summed E-state index contributed by atoms with van der Waals surface area (Å²) in [6.07, 6.45) is 0. The van der Waals surface area contributed by atoms with Gasteiger partial charge in [0.05, 0.1) is 33.3 Å². The molecule has 5 nitrogen and oxygen atoms in total. The SMILES string of the molecule is COc1ccc(N2CC[NH+](CC(=O)Nc3cccc(F)c3)CC2)cc1. The van der Waals surface area contributed by atoms with E-state index in [1.807, 2.05) is 12.1 Å². The van der Waals surface area contributed by atoms with Crippen LogP contribution in [0.5, 0.6) is 5.75 Å². The Hall–Kier alpha value is -2.60. The predicted molar refractivity (Wildman–Crippen MR) is 95.8 cm³/mol. The van der Waals surface area contributed by atoms with E-state index in [9.17, 15) is 9.18 Å². The molecular formula is C19H23FN3O2+. The van der Waals surface area contributed by atoms with Gasteiger partial charge in [-0.15, -0.1) is 0 Å². The molecule has 2 aromatic carbocycles. The summed E-state index contributed by atoms with van der Waals surface area (Å²) in [7, 11) is 1.66. The lowest BCUT2D eigenvalue weighted by Gasteiger charge is -2.33. The second kappa shape index (κ2) is 7.98. The van der Waals surface area contributed by atoms with Gasteiger partial charge in [0.15, 0.2) is 6.54 Å². The Labute approximate surface area is 147 Å². The smallest absolute Gasteiger partial charge is 0.279 e. The third-order valence-corrected chi connectivity index (χ3v) is 4.43. The Morgan fingerprint density at radius 2 is 1.92 bits per heavy atom. The highest BCUT2D eigenvalue weighted by molar-refractivity contribution is 5.91. The zero-order valence-electron chi connectivity index (χ0n) is 14.3. The number of anilines is 2. The molecule has 25 heavy (non-hydrogen) atoms. The Kier molecular flexibility index (Phi) is 5.50. The minimum absolute atomic E-state index is 0.0847. The highest BCUT2D eigenvalue weighted by Crippen LogP contribution is 2.18. The van der Waals surface area contributed by atoms with Gasteiger partial charge >= 0.3 is 0 Å². The summed E-state index contributed by atoms with van der Waals surface area (Å²) in [5.41, 5.74) is 1.67. The van der Waals surface area contributed by atoms with Crippen molar-refractivity contribution in [3.63, 3.8) is 0 Å². The summed E-state index contributed by atoms with van der Waals surface area (Å²) in [5.74, 6) is 0.416. The summed E-state index contributed by atoms with van der Waals surface area (Å²) in [4.78, 5) is 15.7. The monoisotopic (exact) mass is 344 g/mol. The van der Waals surface area contributed by atoms with Crippen LogP contribution in [0.3, 0.4) is 0 Å². The van der Waals surface area contributed by atoms with E-state index in [2.05, 4.69) is 22.3 Å². The summed E-state index contributed by atoms with van der Waals surface area (Å²) in [6.45, 7) is 3.97. The van der Waals surface area contributed by atoms with E-state index >= 15 is 0 Å². The number of hydrogen-bond donors (Lipinski definition) is 2. The number of piperazine rings is 1. The van der Waals surface area contributed by atoms with Crippen LogP contribution in [0.4, 0.5) is 15.8 Å². The molecule has 0 atom stereocenters. The van der Waals surface area contributed by atoms with Crippen molar-refractivity contribution in [2.24, 2.45) is 0 Å². The molecule has 1 aliphatic rings. The molecule has 0 spiro atoms. The Morgan fingerprint density at radius 1 is 1.20 bits per heavy atom. The molecule has 2 aromatic rings. The minimum Gasteiger partial charge on any atom is -0.497 e. The molecule has 1 amide bonds. The van der Waals surface area contributed by atoms with E-state index < -0.39 is 0 Å². The third-order valence-electron chi connectivity index (χ3n) is 4.43. The molecule has 132 valence electrons. The van der Waals surface area contributed by atoms with Gasteiger partial charge in [0.25, 0.3) is 5.91 Å². The van der Waals surface area contributed by atoms with Crippen molar-refractivity contribution in [2.75, 3.05) is 50.1 Å². The number of nitrogens with zero attached hydrogens (tertiary/aromatic N) is 1. The largest absolute Gasteiger partial charge is 0.497 e. The number of nitrogens with one attached hydrogen (secondary N) is 2. The number of amides is 1. The van der Waals surface area contributed by atoms with Crippen LogP contribution in [0.1, 0.15) is 0 Å². The number of methoxy groups -OCH3 is 1. The van der Waals surface area contributed by atoms with E-state index in [1.54, 1.807) is 19.2 Å². The zero-order chi connectivity index (χ0) is 17.6. The van der Waals surface area contributed by atoms with E-state index in [0.29, 0.717) is 12.2 Å². The normalized spacial score (nSPS) is 15.0. The maximum Gasteiger partial charge on any atom is 0.279 e. The fraction of sp³-hybridized carbons (Fsp3) is 0.316. The molecule has 2 N–H and O–H groups in total. The molecule has 1 aliphatic heterocycles. The Balaban J connectivity index is 1.47. The average Bonchev–Trinajstić information content (AvgIpc) is 2.62. The molecule has 0 saturated carbocycles. The van der Waals surface area contributed by atoms with Gasteiger partial charge in [-0.25, -0.2) is 4.39 Å².